The first-order chi connectivity index (χ1) is 5.88. The third-order valence-electron chi connectivity index (χ3n) is 1.63. The van der Waals surface area contributed by atoms with Gasteiger partial charge in [0.2, 0.25) is 0 Å². The Bertz CT molecular complexity index is 365. The van der Waals surface area contributed by atoms with E-state index in [-0.39, 0.29) is 0 Å². The van der Waals surface area contributed by atoms with Gasteiger partial charge in [0.1, 0.15) is 5.75 Å². The molecule has 0 saturated heterocycles. The van der Waals surface area contributed by atoms with Crippen LogP contribution in [0.2, 0.25) is 0 Å². The van der Waals surface area contributed by atoms with E-state index in [4.69, 9.17) is 0 Å². The Morgan fingerprint density at radius 3 is 2.92 bits per heavy atom. The lowest BCUT2D eigenvalue weighted by molar-refractivity contribution is 0.477. The van der Waals surface area contributed by atoms with Crippen LogP contribution in [0.5, 0.6) is 5.75 Å². The monoisotopic (exact) mass is 175 g/mol. The smallest absolute Gasteiger partial charge is 0.124 e. The average molecular weight is 175 g/mol. The summed E-state index contributed by atoms with van der Waals surface area (Å²) in [6.45, 7) is 0. The molecule has 2 rings (SSSR count). The fraction of sp³-hybridized carbons (Fsp3) is 0. The number of hydrogen-bond donors (Lipinski definition) is 1. The first kappa shape index (κ1) is 7.37. The molecule has 0 aliphatic heterocycles. The van der Waals surface area contributed by atoms with Crippen molar-refractivity contribution in [3.8, 4) is 16.2 Å². The van der Waals surface area contributed by atoms with Gasteiger partial charge in [0.25, 0.3) is 0 Å². The first-order valence-corrected chi connectivity index (χ1v) is 4.49. The van der Waals surface area contributed by atoms with E-state index in [1.807, 2.05) is 23.6 Å². The molecule has 0 bridgehead atoms. The lowest BCUT2D eigenvalue weighted by Gasteiger charge is -1.98. The summed E-state index contributed by atoms with van der Waals surface area (Å²) in [6, 6.07) is 12.0. The lowest BCUT2D eigenvalue weighted by atomic mass is 10.2. The highest BCUT2D eigenvalue weighted by atomic mass is 32.1. The van der Waals surface area contributed by atoms with Crippen LogP contribution >= 0.6 is 11.3 Å². The second-order valence-electron chi connectivity index (χ2n) is 2.42. The fourth-order valence-corrected chi connectivity index (χ4v) is 1.82. The van der Waals surface area contributed by atoms with Crippen LogP contribution in [-0.2, 0) is 0 Å². The predicted molar refractivity (Wildman–Crippen MR) is 50.3 cm³/mol. The molecule has 0 spiro atoms. The van der Waals surface area contributed by atoms with Crippen LogP contribution in [0.4, 0.5) is 0 Å². The molecule has 1 N–H and O–H groups in total. The molecule has 59 valence electrons. The molecular formula is C10H7OS. The molecule has 1 nitrogen and oxygen atoms in total. The Kier molecular flexibility index (Phi) is 1.84. The SMILES string of the molecule is Oc1c[c]ccc1-c1cccs1. The molecule has 0 atom stereocenters. The molecule has 2 heteroatoms. The van der Waals surface area contributed by atoms with Gasteiger partial charge >= 0.3 is 0 Å². The minimum Gasteiger partial charge on any atom is -0.507 e. The van der Waals surface area contributed by atoms with E-state index in [1.54, 1.807) is 23.5 Å². The second kappa shape index (κ2) is 2.99. The van der Waals surface area contributed by atoms with Crippen molar-refractivity contribution >= 4 is 11.3 Å². The van der Waals surface area contributed by atoms with Gasteiger partial charge in [0.15, 0.2) is 0 Å². The Labute approximate surface area is 74.9 Å². The highest BCUT2D eigenvalue weighted by Crippen LogP contribution is 2.31. The van der Waals surface area contributed by atoms with Crippen molar-refractivity contribution in [3.05, 3.63) is 41.8 Å². The molecule has 1 aromatic heterocycles. The maximum absolute atomic E-state index is 9.46. The zero-order valence-corrected chi connectivity index (χ0v) is 7.14. The second-order valence-corrected chi connectivity index (χ2v) is 3.37. The lowest BCUT2D eigenvalue weighted by Crippen LogP contribution is -1.72. The van der Waals surface area contributed by atoms with Crippen LogP contribution in [0.15, 0.2) is 35.7 Å². The standard InChI is InChI=1S/C10H7OS/c11-9-5-2-1-4-8(9)10-6-3-7-12-10/h1,3-7,11H. The summed E-state index contributed by atoms with van der Waals surface area (Å²) in [5.41, 5.74) is 0.878. The summed E-state index contributed by atoms with van der Waals surface area (Å²) in [5, 5.41) is 11.4. The maximum atomic E-state index is 9.46. The first-order valence-electron chi connectivity index (χ1n) is 3.61. The summed E-state index contributed by atoms with van der Waals surface area (Å²) in [5.74, 6) is 0.292. The maximum Gasteiger partial charge on any atom is 0.124 e. The third-order valence-corrected chi connectivity index (χ3v) is 2.53. The van der Waals surface area contributed by atoms with Gasteiger partial charge in [-0.1, -0.05) is 12.1 Å². The van der Waals surface area contributed by atoms with E-state index < -0.39 is 0 Å². The number of hydrogen-bond acceptors (Lipinski definition) is 2. The Hall–Kier alpha value is -1.28. The molecule has 0 unspecified atom stereocenters. The molecule has 1 radical (unpaired) electrons. The molecule has 2 aromatic rings. The third kappa shape index (κ3) is 1.21. The van der Waals surface area contributed by atoms with E-state index in [1.165, 1.54) is 0 Å². The number of benzene rings is 1. The van der Waals surface area contributed by atoms with Crippen molar-refractivity contribution in [2.75, 3.05) is 0 Å². The van der Waals surface area contributed by atoms with E-state index in [9.17, 15) is 5.11 Å². The zero-order chi connectivity index (χ0) is 8.39. The predicted octanol–water partition coefficient (Wildman–Crippen LogP) is 2.92. The highest BCUT2D eigenvalue weighted by Gasteiger charge is 2.02. The quantitative estimate of drug-likeness (QED) is 0.706. The normalized spacial score (nSPS) is 10.0. The van der Waals surface area contributed by atoms with Crippen LogP contribution in [0, 0.1) is 6.07 Å². The number of phenols is 1. The number of aromatic hydroxyl groups is 1. The minimum atomic E-state index is 0.292. The molecule has 1 heterocycles. The minimum absolute atomic E-state index is 0.292. The van der Waals surface area contributed by atoms with Gasteiger partial charge in [-0.3, -0.25) is 0 Å². The van der Waals surface area contributed by atoms with Crippen molar-refractivity contribution in [1.82, 2.24) is 0 Å². The summed E-state index contributed by atoms with van der Waals surface area (Å²) in [7, 11) is 0. The molecule has 0 fully saturated rings. The van der Waals surface area contributed by atoms with Crippen molar-refractivity contribution in [3.63, 3.8) is 0 Å². The number of thiophene rings is 1. The van der Waals surface area contributed by atoms with E-state index in [2.05, 4.69) is 6.07 Å². The van der Waals surface area contributed by atoms with Crippen molar-refractivity contribution in [2.45, 2.75) is 0 Å². The van der Waals surface area contributed by atoms with E-state index in [0.29, 0.717) is 5.75 Å². The van der Waals surface area contributed by atoms with Gasteiger partial charge in [0, 0.05) is 10.4 Å². The number of phenolic OH excluding ortho intramolecular Hbond substituents is 1. The fourth-order valence-electron chi connectivity index (χ4n) is 1.06. The zero-order valence-electron chi connectivity index (χ0n) is 6.32. The van der Waals surface area contributed by atoms with Crippen LogP contribution in [0.1, 0.15) is 0 Å². The van der Waals surface area contributed by atoms with Crippen LogP contribution in [-0.4, -0.2) is 5.11 Å². The molecule has 1 aromatic carbocycles. The highest BCUT2D eigenvalue weighted by molar-refractivity contribution is 7.13. The average Bonchev–Trinajstić information content (AvgIpc) is 2.57. The van der Waals surface area contributed by atoms with Crippen molar-refractivity contribution in [1.29, 1.82) is 0 Å². The molecule has 0 saturated carbocycles. The Morgan fingerprint density at radius 1 is 1.33 bits per heavy atom. The van der Waals surface area contributed by atoms with Crippen LogP contribution in [0.25, 0.3) is 10.4 Å². The van der Waals surface area contributed by atoms with Gasteiger partial charge in [-0.15, -0.1) is 11.3 Å². The summed E-state index contributed by atoms with van der Waals surface area (Å²) in [6.07, 6.45) is 0. The molecule has 0 amide bonds. The molecule has 0 aliphatic carbocycles. The van der Waals surface area contributed by atoms with Crippen LogP contribution < -0.4 is 0 Å². The van der Waals surface area contributed by atoms with E-state index >= 15 is 0 Å². The molecule has 0 aliphatic rings. The summed E-state index contributed by atoms with van der Waals surface area (Å²) >= 11 is 1.62. The molecule has 12 heavy (non-hydrogen) atoms. The van der Waals surface area contributed by atoms with E-state index in [0.717, 1.165) is 10.4 Å². The van der Waals surface area contributed by atoms with Gasteiger partial charge in [-0.25, -0.2) is 0 Å². The molecular weight excluding hydrogens is 168 g/mol. The summed E-state index contributed by atoms with van der Waals surface area (Å²) in [4.78, 5) is 1.08. The topological polar surface area (TPSA) is 20.2 Å². The van der Waals surface area contributed by atoms with Gasteiger partial charge < -0.3 is 5.11 Å². The summed E-state index contributed by atoms with van der Waals surface area (Å²) < 4.78 is 0. The van der Waals surface area contributed by atoms with Gasteiger partial charge in [0.05, 0.1) is 0 Å². The largest absolute Gasteiger partial charge is 0.507 e. The Balaban J connectivity index is 2.55. The van der Waals surface area contributed by atoms with Crippen molar-refractivity contribution < 1.29 is 5.11 Å². The Morgan fingerprint density at radius 2 is 2.25 bits per heavy atom. The van der Waals surface area contributed by atoms with Crippen molar-refractivity contribution in [2.24, 2.45) is 0 Å². The van der Waals surface area contributed by atoms with Gasteiger partial charge in [-0.2, -0.15) is 0 Å². The van der Waals surface area contributed by atoms with Gasteiger partial charge in [-0.05, 0) is 29.6 Å². The number of rotatable bonds is 1. The van der Waals surface area contributed by atoms with Crippen LogP contribution in [0.3, 0.4) is 0 Å².